The van der Waals surface area contributed by atoms with Gasteiger partial charge in [-0.05, 0) is 42.3 Å². The highest BCUT2D eigenvalue weighted by Crippen LogP contribution is 2.26. The Hall–Kier alpha value is -2.04. The summed E-state index contributed by atoms with van der Waals surface area (Å²) in [6.07, 6.45) is 0.896. The van der Waals surface area contributed by atoms with Gasteiger partial charge in [0.05, 0.1) is 6.04 Å². The molecule has 2 aromatic carbocycles. The van der Waals surface area contributed by atoms with Crippen LogP contribution in [0.5, 0.6) is 0 Å². The van der Waals surface area contributed by atoms with Crippen LogP contribution in [0.4, 0.5) is 11.4 Å². The molecule has 0 aromatic heterocycles. The van der Waals surface area contributed by atoms with Crippen LogP contribution in [0.15, 0.2) is 48.5 Å². The Kier molecular flexibility index (Phi) is 5.81. The number of carbonyl (C=O) groups is 1. The van der Waals surface area contributed by atoms with Gasteiger partial charge in [-0.1, -0.05) is 36.7 Å². The minimum Gasteiger partial charge on any atom is -0.387 e. The lowest BCUT2D eigenvalue weighted by Gasteiger charge is -2.19. The van der Waals surface area contributed by atoms with E-state index < -0.39 is 12.5 Å². The summed E-state index contributed by atoms with van der Waals surface area (Å²) in [6, 6.07) is 15.3. The second-order valence-corrected chi connectivity index (χ2v) is 5.38. The van der Waals surface area contributed by atoms with Gasteiger partial charge in [-0.15, -0.1) is 0 Å². The maximum absolute atomic E-state index is 11.2. The molecule has 0 aliphatic heterocycles. The van der Waals surface area contributed by atoms with E-state index >= 15 is 0 Å². The highest BCUT2D eigenvalue weighted by Gasteiger charge is 2.10. The van der Waals surface area contributed by atoms with Crippen LogP contribution in [0.3, 0.4) is 0 Å². The van der Waals surface area contributed by atoms with Gasteiger partial charge in [0.1, 0.15) is 6.61 Å². The molecule has 0 aliphatic carbocycles. The van der Waals surface area contributed by atoms with Crippen molar-refractivity contribution >= 4 is 28.9 Å². The van der Waals surface area contributed by atoms with Gasteiger partial charge in [0.15, 0.2) is 0 Å². The van der Waals surface area contributed by atoms with Crippen LogP contribution < -0.4 is 10.6 Å². The molecule has 3 N–H and O–H groups in total. The van der Waals surface area contributed by atoms with Crippen molar-refractivity contribution in [1.82, 2.24) is 0 Å². The molecule has 0 aliphatic rings. The second-order valence-electron chi connectivity index (χ2n) is 4.95. The zero-order valence-corrected chi connectivity index (χ0v) is 13.1. The number of anilines is 2. The SMILES string of the molecule is CCC(Nc1cccc(NC(=O)CO)c1)c1cccc(Cl)c1. The number of hydrogen-bond acceptors (Lipinski definition) is 3. The molecule has 5 heteroatoms. The summed E-state index contributed by atoms with van der Waals surface area (Å²) in [4.78, 5) is 11.2. The van der Waals surface area contributed by atoms with E-state index in [4.69, 9.17) is 16.7 Å². The fourth-order valence-electron chi connectivity index (χ4n) is 2.23. The Morgan fingerprint density at radius 2 is 1.91 bits per heavy atom. The van der Waals surface area contributed by atoms with Crippen molar-refractivity contribution in [3.63, 3.8) is 0 Å². The lowest BCUT2D eigenvalue weighted by atomic mass is 10.0. The third kappa shape index (κ3) is 4.48. The number of halogens is 1. The summed E-state index contributed by atoms with van der Waals surface area (Å²) in [7, 11) is 0. The van der Waals surface area contributed by atoms with E-state index in [9.17, 15) is 4.79 Å². The van der Waals surface area contributed by atoms with Crippen molar-refractivity contribution in [2.24, 2.45) is 0 Å². The molecule has 0 saturated heterocycles. The maximum atomic E-state index is 11.2. The fourth-order valence-corrected chi connectivity index (χ4v) is 2.43. The predicted molar refractivity (Wildman–Crippen MR) is 90.3 cm³/mol. The molecule has 2 aromatic rings. The lowest BCUT2D eigenvalue weighted by molar-refractivity contribution is -0.118. The predicted octanol–water partition coefficient (Wildman–Crippen LogP) is 3.83. The standard InChI is InChI=1S/C17H19ClN2O2/c1-2-16(12-5-3-6-13(18)9-12)19-14-7-4-8-15(10-14)20-17(22)11-21/h3-10,16,19,21H,2,11H2,1H3,(H,20,22). The minimum atomic E-state index is -0.530. The molecule has 0 radical (unpaired) electrons. The molecule has 4 nitrogen and oxygen atoms in total. The molecule has 22 heavy (non-hydrogen) atoms. The molecule has 0 bridgehead atoms. The fraction of sp³-hybridized carbons (Fsp3) is 0.235. The van der Waals surface area contributed by atoms with Crippen molar-refractivity contribution in [3.8, 4) is 0 Å². The van der Waals surface area contributed by atoms with Gasteiger partial charge in [-0.3, -0.25) is 4.79 Å². The number of carbonyl (C=O) groups excluding carboxylic acids is 1. The molecule has 1 amide bonds. The topological polar surface area (TPSA) is 61.4 Å². The average Bonchev–Trinajstić information content (AvgIpc) is 2.52. The van der Waals surface area contributed by atoms with Crippen molar-refractivity contribution in [1.29, 1.82) is 0 Å². The summed E-state index contributed by atoms with van der Waals surface area (Å²) in [5.41, 5.74) is 2.65. The van der Waals surface area contributed by atoms with E-state index in [2.05, 4.69) is 17.6 Å². The average molecular weight is 319 g/mol. The Bertz CT molecular complexity index is 646. The molecular formula is C17H19ClN2O2. The van der Waals surface area contributed by atoms with Crippen LogP contribution in [-0.4, -0.2) is 17.6 Å². The third-order valence-electron chi connectivity index (χ3n) is 3.29. The first-order valence-corrected chi connectivity index (χ1v) is 7.53. The van der Waals surface area contributed by atoms with Gasteiger partial charge in [-0.2, -0.15) is 0 Å². The van der Waals surface area contributed by atoms with Gasteiger partial charge >= 0.3 is 0 Å². The van der Waals surface area contributed by atoms with Crippen LogP contribution >= 0.6 is 11.6 Å². The summed E-state index contributed by atoms with van der Waals surface area (Å²) in [5, 5.41) is 15.5. The highest BCUT2D eigenvalue weighted by molar-refractivity contribution is 6.30. The Morgan fingerprint density at radius 3 is 2.59 bits per heavy atom. The van der Waals surface area contributed by atoms with Crippen molar-refractivity contribution in [2.45, 2.75) is 19.4 Å². The molecule has 2 rings (SSSR count). The van der Waals surface area contributed by atoms with Crippen LogP contribution in [0.1, 0.15) is 24.9 Å². The molecule has 0 spiro atoms. The van der Waals surface area contributed by atoms with E-state index in [1.807, 2.05) is 42.5 Å². The smallest absolute Gasteiger partial charge is 0.250 e. The van der Waals surface area contributed by atoms with Gasteiger partial charge in [0.2, 0.25) is 5.91 Å². The molecule has 0 fully saturated rings. The first kappa shape index (κ1) is 16.3. The lowest BCUT2D eigenvalue weighted by Crippen LogP contribution is -2.15. The van der Waals surface area contributed by atoms with Crippen molar-refractivity contribution in [2.75, 3.05) is 17.2 Å². The number of amides is 1. The molecule has 1 atom stereocenters. The Balaban J connectivity index is 2.14. The summed E-state index contributed by atoms with van der Waals surface area (Å²) >= 11 is 6.05. The van der Waals surface area contributed by atoms with Crippen LogP contribution in [-0.2, 0) is 4.79 Å². The minimum absolute atomic E-state index is 0.127. The molecular weight excluding hydrogens is 300 g/mol. The van der Waals surface area contributed by atoms with Gasteiger partial charge in [-0.25, -0.2) is 0 Å². The van der Waals surface area contributed by atoms with Gasteiger partial charge < -0.3 is 15.7 Å². The number of aliphatic hydroxyl groups excluding tert-OH is 1. The van der Waals surface area contributed by atoms with Crippen molar-refractivity contribution in [3.05, 3.63) is 59.1 Å². The van der Waals surface area contributed by atoms with Gasteiger partial charge in [0, 0.05) is 16.4 Å². The molecule has 116 valence electrons. The normalized spacial score (nSPS) is 11.8. The summed E-state index contributed by atoms with van der Waals surface area (Å²) in [5.74, 6) is -0.431. The van der Waals surface area contributed by atoms with Crippen LogP contribution in [0.2, 0.25) is 5.02 Å². The molecule has 1 unspecified atom stereocenters. The van der Waals surface area contributed by atoms with E-state index in [1.54, 1.807) is 6.07 Å². The zero-order valence-electron chi connectivity index (χ0n) is 12.3. The third-order valence-corrected chi connectivity index (χ3v) is 3.53. The highest BCUT2D eigenvalue weighted by atomic mass is 35.5. The number of rotatable bonds is 6. The van der Waals surface area contributed by atoms with E-state index in [-0.39, 0.29) is 6.04 Å². The second kappa shape index (κ2) is 7.82. The largest absolute Gasteiger partial charge is 0.387 e. The van der Waals surface area contributed by atoms with Gasteiger partial charge in [0.25, 0.3) is 0 Å². The van der Waals surface area contributed by atoms with Crippen LogP contribution in [0, 0.1) is 0 Å². The first-order valence-electron chi connectivity index (χ1n) is 7.15. The molecule has 0 saturated carbocycles. The first-order chi connectivity index (χ1) is 10.6. The summed E-state index contributed by atoms with van der Waals surface area (Å²) in [6.45, 7) is 1.56. The number of benzene rings is 2. The number of nitrogens with one attached hydrogen (secondary N) is 2. The monoisotopic (exact) mass is 318 g/mol. The van der Waals surface area contributed by atoms with Crippen molar-refractivity contribution < 1.29 is 9.90 Å². The van der Waals surface area contributed by atoms with E-state index in [0.717, 1.165) is 17.7 Å². The van der Waals surface area contributed by atoms with Crippen LogP contribution in [0.25, 0.3) is 0 Å². The Morgan fingerprint density at radius 1 is 1.18 bits per heavy atom. The Labute approximate surface area is 135 Å². The maximum Gasteiger partial charge on any atom is 0.250 e. The summed E-state index contributed by atoms with van der Waals surface area (Å²) < 4.78 is 0. The number of hydrogen-bond donors (Lipinski definition) is 3. The number of aliphatic hydroxyl groups is 1. The quantitative estimate of drug-likeness (QED) is 0.758. The van der Waals surface area contributed by atoms with E-state index in [1.165, 1.54) is 0 Å². The molecule has 0 heterocycles. The van der Waals surface area contributed by atoms with E-state index in [0.29, 0.717) is 10.7 Å². The zero-order chi connectivity index (χ0) is 15.9.